The van der Waals surface area contributed by atoms with Gasteiger partial charge in [-0.3, -0.25) is 19.3 Å². The Morgan fingerprint density at radius 2 is 2.06 bits per heavy atom. The Balaban J connectivity index is 1.71. The van der Waals surface area contributed by atoms with Gasteiger partial charge in [-0.2, -0.15) is 5.10 Å². The summed E-state index contributed by atoms with van der Waals surface area (Å²) in [4.78, 5) is 37.8. The van der Waals surface area contributed by atoms with Gasteiger partial charge in [0.15, 0.2) is 23.2 Å². The van der Waals surface area contributed by atoms with Gasteiger partial charge in [-0.25, -0.2) is 9.97 Å². The standard InChI is InChI=1S/C22H24N6O3/c1-4-18(29)16-11-24-14(10-19(30)13-5-6-13)9-17(16)26-22-20(31-3)15(7-8-23-22)21-25-12-28(2)27-21/h7-9,11-13H,4-6,10H2,1-3H3,(H,23,24,26). The minimum Gasteiger partial charge on any atom is -0.492 e. The molecule has 0 amide bonds. The quantitative estimate of drug-likeness (QED) is 0.526. The molecule has 1 fully saturated rings. The number of aromatic nitrogens is 5. The van der Waals surface area contributed by atoms with Crippen molar-refractivity contribution in [2.24, 2.45) is 13.0 Å². The summed E-state index contributed by atoms with van der Waals surface area (Å²) in [6.45, 7) is 1.79. The van der Waals surface area contributed by atoms with Crippen molar-refractivity contribution < 1.29 is 14.3 Å². The predicted octanol–water partition coefficient (Wildman–Crippen LogP) is 3.14. The van der Waals surface area contributed by atoms with Gasteiger partial charge in [0.1, 0.15) is 12.1 Å². The molecule has 0 radical (unpaired) electrons. The van der Waals surface area contributed by atoms with Crippen molar-refractivity contribution in [1.82, 2.24) is 24.7 Å². The second-order valence-corrected chi connectivity index (χ2v) is 7.52. The maximum absolute atomic E-state index is 12.5. The van der Waals surface area contributed by atoms with E-state index in [0.717, 1.165) is 12.8 Å². The van der Waals surface area contributed by atoms with Crippen LogP contribution in [0.5, 0.6) is 5.75 Å². The first-order valence-corrected chi connectivity index (χ1v) is 10.2. The third-order valence-electron chi connectivity index (χ3n) is 5.17. The van der Waals surface area contributed by atoms with E-state index in [2.05, 4.69) is 25.4 Å². The summed E-state index contributed by atoms with van der Waals surface area (Å²) in [5.41, 5.74) is 2.27. The van der Waals surface area contributed by atoms with Gasteiger partial charge in [0, 0.05) is 43.9 Å². The van der Waals surface area contributed by atoms with E-state index in [1.54, 1.807) is 50.4 Å². The van der Waals surface area contributed by atoms with Gasteiger partial charge in [0.2, 0.25) is 0 Å². The summed E-state index contributed by atoms with van der Waals surface area (Å²) < 4.78 is 7.21. The van der Waals surface area contributed by atoms with Crippen molar-refractivity contribution in [1.29, 1.82) is 0 Å². The lowest BCUT2D eigenvalue weighted by Crippen LogP contribution is -2.10. The van der Waals surface area contributed by atoms with Crippen LogP contribution in [0.15, 0.2) is 30.9 Å². The lowest BCUT2D eigenvalue weighted by Gasteiger charge is -2.15. The molecule has 0 bridgehead atoms. The van der Waals surface area contributed by atoms with Crippen molar-refractivity contribution in [3.8, 4) is 17.1 Å². The predicted molar refractivity (Wildman–Crippen MR) is 114 cm³/mol. The van der Waals surface area contributed by atoms with Crippen molar-refractivity contribution in [2.45, 2.75) is 32.6 Å². The van der Waals surface area contributed by atoms with Gasteiger partial charge >= 0.3 is 0 Å². The van der Waals surface area contributed by atoms with Crippen molar-refractivity contribution >= 4 is 23.1 Å². The molecule has 0 aliphatic heterocycles. The van der Waals surface area contributed by atoms with Crippen LogP contribution in [0.1, 0.15) is 42.2 Å². The molecule has 0 saturated heterocycles. The van der Waals surface area contributed by atoms with E-state index in [9.17, 15) is 9.59 Å². The summed E-state index contributed by atoms with van der Waals surface area (Å²) in [5.74, 6) is 1.66. The Bertz CT molecular complexity index is 1140. The average Bonchev–Trinajstić information content (AvgIpc) is 3.54. The molecule has 31 heavy (non-hydrogen) atoms. The molecule has 3 heterocycles. The molecular weight excluding hydrogens is 396 g/mol. The number of hydrogen-bond donors (Lipinski definition) is 1. The fourth-order valence-electron chi connectivity index (χ4n) is 3.35. The maximum atomic E-state index is 12.5. The molecule has 3 aromatic heterocycles. The zero-order chi connectivity index (χ0) is 22.0. The van der Waals surface area contributed by atoms with Crippen LogP contribution in [-0.4, -0.2) is 43.4 Å². The molecule has 3 aromatic rings. The zero-order valence-electron chi connectivity index (χ0n) is 17.8. The van der Waals surface area contributed by atoms with Crippen LogP contribution in [0.3, 0.4) is 0 Å². The number of pyridine rings is 2. The fourth-order valence-corrected chi connectivity index (χ4v) is 3.35. The van der Waals surface area contributed by atoms with Crippen LogP contribution >= 0.6 is 0 Å². The molecule has 1 aliphatic rings. The monoisotopic (exact) mass is 420 g/mol. The Morgan fingerprint density at radius 3 is 2.71 bits per heavy atom. The van der Waals surface area contributed by atoms with Gasteiger partial charge in [-0.15, -0.1) is 0 Å². The number of aryl methyl sites for hydroxylation is 1. The lowest BCUT2D eigenvalue weighted by atomic mass is 10.1. The molecule has 160 valence electrons. The number of carbonyl (C=O) groups is 2. The van der Waals surface area contributed by atoms with Gasteiger partial charge < -0.3 is 10.1 Å². The number of nitrogens with one attached hydrogen (secondary N) is 1. The SMILES string of the molecule is CCC(=O)c1cnc(CC(=O)C2CC2)cc1Nc1nccc(-c2ncn(C)n2)c1OC. The van der Waals surface area contributed by atoms with Gasteiger partial charge in [-0.1, -0.05) is 6.92 Å². The second-order valence-electron chi connectivity index (χ2n) is 7.52. The normalized spacial score (nSPS) is 13.1. The van der Waals surface area contributed by atoms with Crippen LogP contribution in [-0.2, 0) is 18.3 Å². The first-order valence-electron chi connectivity index (χ1n) is 10.2. The molecule has 0 aromatic carbocycles. The van der Waals surface area contributed by atoms with Crippen LogP contribution in [0.2, 0.25) is 0 Å². The van der Waals surface area contributed by atoms with Gasteiger partial charge in [0.05, 0.1) is 23.9 Å². The molecule has 0 spiro atoms. The molecule has 4 rings (SSSR count). The highest BCUT2D eigenvalue weighted by atomic mass is 16.5. The Labute approximate surface area is 179 Å². The minimum absolute atomic E-state index is 0.0587. The molecule has 1 aliphatic carbocycles. The second kappa shape index (κ2) is 8.63. The molecule has 9 heteroatoms. The number of Topliss-reactive ketones (excluding diaryl/α,β-unsaturated/α-hetero) is 2. The maximum Gasteiger partial charge on any atom is 0.185 e. The average molecular weight is 420 g/mol. The highest BCUT2D eigenvalue weighted by molar-refractivity contribution is 6.01. The van der Waals surface area contributed by atoms with E-state index in [0.29, 0.717) is 46.3 Å². The summed E-state index contributed by atoms with van der Waals surface area (Å²) in [6, 6.07) is 3.51. The van der Waals surface area contributed by atoms with E-state index in [1.165, 1.54) is 6.20 Å². The van der Waals surface area contributed by atoms with E-state index >= 15 is 0 Å². The Morgan fingerprint density at radius 1 is 1.26 bits per heavy atom. The number of hydrogen-bond acceptors (Lipinski definition) is 8. The lowest BCUT2D eigenvalue weighted by molar-refractivity contribution is -0.119. The number of rotatable bonds is 9. The largest absolute Gasteiger partial charge is 0.492 e. The van der Waals surface area contributed by atoms with E-state index in [-0.39, 0.29) is 23.9 Å². The Hall–Kier alpha value is -3.62. The fraction of sp³-hybridized carbons (Fsp3) is 0.364. The number of ketones is 2. The number of carbonyl (C=O) groups excluding carboxylic acids is 2. The third kappa shape index (κ3) is 4.45. The smallest absolute Gasteiger partial charge is 0.185 e. The molecular formula is C22H24N6O3. The Kier molecular flexibility index (Phi) is 5.75. The van der Waals surface area contributed by atoms with Gasteiger partial charge in [-0.05, 0) is 25.0 Å². The third-order valence-corrected chi connectivity index (χ3v) is 5.17. The molecule has 1 saturated carbocycles. The molecule has 0 unspecified atom stereocenters. The molecule has 9 nitrogen and oxygen atoms in total. The van der Waals surface area contributed by atoms with Crippen LogP contribution in [0, 0.1) is 5.92 Å². The van der Waals surface area contributed by atoms with Crippen molar-refractivity contribution in [3.63, 3.8) is 0 Å². The van der Waals surface area contributed by atoms with Crippen LogP contribution in [0.4, 0.5) is 11.5 Å². The van der Waals surface area contributed by atoms with Crippen molar-refractivity contribution in [2.75, 3.05) is 12.4 Å². The van der Waals surface area contributed by atoms with Gasteiger partial charge in [0.25, 0.3) is 0 Å². The van der Waals surface area contributed by atoms with Crippen molar-refractivity contribution in [3.05, 3.63) is 42.1 Å². The zero-order valence-corrected chi connectivity index (χ0v) is 17.8. The molecule has 1 N–H and O–H groups in total. The van der Waals surface area contributed by atoms with Crippen LogP contribution < -0.4 is 10.1 Å². The molecule has 0 atom stereocenters. The number of methoxy groups -OCH3 is 1. The summed E-state index contributed by atoms with van der Waals surface area (Å²) in [6.07, 6.45) is 7.24. The number of ether oxygens (including phenoxy) is 1. The summed E-state index contributed by atoms with van der Waals surface area (Å²) >= 11 is 0. The van der Waals surface area contributed by atoms with Crippen LogP contribution in [0.25, 0.3) is 11.4 Å². The highest BCUT2D eigenvalue weighted by Gasteiger charge is 2.29. The van der Waals surface area contributed by atoms with E-state index in [4.69, 9.17) is 4.74 Å². The van der Waals surface area contributed by atoms with E-state index in [1.807, 2.05) is 0 Å². The first-order chi connectivity index (χ1) is 15.0. The topological polar surface area (TPSA) is 112 Å². The minimum atomic E-state index is -0.0587. The first kappa shape index (κ1) is 20.6. The van der Waals surface area contributed by atoms with E-state index < -0.39 is 0 Å². The summed E-state index contributed by atoms with van der Waals surface area (Å²) in [7, 11) is 3.33. The number of anilines is 2. The number of nitrogens with zero attached hydrogens (tertiary/aromatic N) is 5. The summed E-state index contributed by atoms with van der Waals surface area (Å²) in [5, 5.41) is 7.55. The highest BCUT2D eigenvalue weighted by Crippen LogP contribution is 2.36.